The Hall–Kier alpha value is -1.49. The molecule has 0 saturated carbocycles. The summed E-state index contributed by atoms with van der Waals surface area (Å²) >= 11 is 3.20. The number of methoxy groups -OCH3 is 1. The molecular weight excluding hydrogens is 276 g/mol. The molecule has 16 heavy (non-hydrogen) atoms. The smallest absolute Gasteiger partial charge is 0.346 e. The lowest BCUT2D eigenvalue weighted by atomic mass is 9.95. The average molecular weight is 285 g/mol. The average Bonchev–Trinajstić information content (AvgIpc) is 2.26. The predicted molar refractivity (Wildman–Crippen MR) is 63.0 cm³/mol. The first-order chi connectivity index (χ1) is 7.65. The lowest BCUT2D eigenvalue weighted by Gasteiger charge is -2.14. The van der Waals surface area contributed by atoms with Crippen molar-refractivity contribution < 1.29 is 14.3 Å². The molecule has 1 aromatic rings. The number of halogens is 1. The maximum atomic E-state index is 11.5. The summed E-state index contributed by atoms with van der Waals surface area (Å²) in [6.07, 6.45) is 5.71. The third kappa shape index (κ3) is 1.67. The molecule has 5 heteroatoms. The van der Waals surface area contributed by atoms with E-state index in [1.807, 2.05) is 6.08 Å². The van der Waals surface area contributed by atoms with Crippen molar-refractivity contribution in [2.45, 2.75) is 6.42 Å². The predicted octanol–water partition coefficient (Wildman–Crippen LogP) is 2.51. The van der Waals surface area contributed by atoms with Crippen LogP contribution in [0.15, 0.2) is 26.0 Å². The molecule has 0 aromatic carbocycles. The molecule has 0 amide bonds. The van der Waals surface area contributed by atoms with Gasteiger partial charge in [0, 0.05) is 5.56 Å². The maximum absolute atomic E-state index is 11.5. The zero-order valence-electron chi connectivity index (χ0n) is 8.49. The van der Waals surface area contributed by atoms with Crippen LogP contribution in [0.1, 0.15) is 17.5 Å². The van der Waals surface area contributed by atoms with Gasteiger partial charge in [0.05, 0.1) is 18.9 Å². The lowest BCUT2D eigenvalue weighted by molar-refractivity contribution is 0.305. The first kappa shape index (κ1) is 11.0. The van der Waals surface area contributed by atoms with Crippen molar-refractivity contribution in [2.75, 3.05) is 7.11 Å². The number of hydrogen-bond acceptors (Lipinski definition) is 4. The topological polar surface area (TPSA) is 59.7 Å². The summed E-state index contributed by atoms with van der Waals surface area (Å²) in [6.45, 7) is 0. The van der Waals surface area contributed by atoms with Gasteiger partial charge in [-0.1, -0.05) is 12.2 Å². The largest absolute Gasteiger partial charge is 0.504 e. The Labute approximate surface area is 100.0 Å². The highest BCUT2D eigenvalue weighted by molar-refractivity contribution is 9.10. The Morgan fingerprint density at radius 2 is 2.38 bits per heavy atom. The van der Waals surface area contributed by atoms with Crippen molar-refractivity contribution in [3.63, 3.8) is 0 Å². The van der Waals surface area contributed by atoms with Crippen molar-refractivity contribution in [3.05, 3.63) is 38.4 Å². The second-order valence-corrected chi connectivity index (χ2v) is 4.08. The standard InChI is InChI=1S/C11H9BrO4/c1-15-5-6-3-2-4-7-8(6)9(12)11(14)16-10(7)13/h2,4-5,14H,3H2,1H3. The molecule has 4 nitrogen and oxygen atoms in total. The van der Waals surface area contributed by atoms with Gasteiger partial charge < -0.3 is 14.3 Å². The number of rotatable bonds is 1. The summed E-state index contributed by atoms with van der Waals surface area (Å²) in [5.41, 5.74) is 1.29. The van der Waals surface area contributed by atoms with Gasteiger partial charge in [-0.3, -0.25) is 0 Å². The fourth-order valence-corrected chi connectivity index (χ4v) is 2.18. The van der Waals surface area contributed by atoms with Crippen LogP contribution in [0.4, 0.5) is 0 Å². The van der Waals surface area contributed by atoms with E-state index in [1.54, 1.807) is 12.3 Å². The van der Waals surface area contributed by atoms with E-state index in [1.165, 1.54) is 7.11 Å². The van der Waals surface area contributed by atoms with E-state index in [4.69, 9.17) is 4.74 Å². The lowest BCUT2D eigenvalue weighted by Crippen LogP contribution is -2.10. The molecule has 0 unspecified atom stereocenters. The molecule has 0 fully saturated rings. The van der Waals surface area contributed by atoms with Crippen LogP contribution in [0.5, 0.6) is 5.95 Å². The zero-order chi connectivity index (χ0) is 11.7. The molecule has 0 radical (unpaired) electrons. The van der Waals surface area contributed by atoms with Gasteiger partial charge in [-0.15, -0.1) is 0 Å². The second kappa shape index (κ2) is 4.17. The normalized spacial score (nSPS) is 16.2. The SMILES string of the molecule is COC=C1CC=Cc2c1c(Br)c(O)oc2=O. The minimum Gasteiger partial charge on any atom is -0.504 e. The van der Waals surface area contributed by atoms with E-state index in [0.717, 1.165) is 5.57 Å². The van der Waals surface area contributed by atoms with Gasteiger partial charge in [0.1, 0.15) is 4.47 Å². The third-order valence-corrected chi connectivity index (χ3v) is 3.03. The Kier molecular flexibility index (Phi) is 2.87. The number of ether oxygens (including phenoxy) is 1. The van der Waals surface area contributed by atoms with Crippen LogP contribution in [0.2, 0.25) is 0 Å². The highest BCUT2D eigenvalue weighted by Crippen LogP contribution is 2.37. The van der Waals surface area contributed by atoms with E-state index in [-0.39, 0.29) is 0 Å². The van der Waals surface area contributed by atoms with Crippen LogP contribution < -0.4 is 5.63 Å². The highest BCUT2D eigenvalue weighted by atomic mass is 79.9. The number of hydrogen-bond donors (Lipinski definition) is 1. The third-order valence-electron chi connectivity index (χ3n) is 2.29. The first-order valence-corrected chi connectivity index (χ1v) is 5.38. The summed E-state index contributed by atoms with van der Waals surface area (Å²) in [5.74, 6) is -0.416. The fourth-order valence-electron chi connectivity index (χ4n) is 1.64. The second-order valence-electron chi connectivity index (χ2n) is 3.28. The molecular formula is C11H9BrO4. The molecule has 1 aliphatic carbocycles. The van der Waals surface area contributed by atoms with Crippen molar-refractivity contribution in [1.29, 1.82) is 0 Å². The van der Waals surface area contributed by atoms with Gasteiger partial charge in [0.2, 0.25) is 0 Å². The monoisotopic (exact) mass is 284 g/mol. The first-order valence-electron chi connectivity index (χ1n) is 4.59. The summed E-state index contributed by atoms with van der Waals surface area (Å²) in [6, 6.07) is 0. The molecule has 1 heterocycles. The van der Waals surface area contributed by atoms with Gasteiger partial charge >= 0.3 is 5.63 Å². The van der Waals surface area contributed by atoms with Crippen LogP contribution in [-0.4, -0.2) is 12.2 Å². The molecule has 0 aliphatic heterocycles. The summed E-state index contributed by atoms with van der Waals surface area (Å²) in [5, 5.41) is 9.44. The van der Waals surface area contributed by atoms with Crippen LogP contribution in [0.25, 0.3) is 11.6 Å². The molecule has 84 valence electrons. The number of aromatic hydroxyl groups is 1. The number of allylic oxidation sites excluding steroid dienone is 2. The van der Waals surface area contributed by atoms with Gasteiger partial charge in [-0.25, -0.2) is 4.79 Å². The molecule has 1 aromatic heterocycles. The minimum absolute atomic E-state index is 0.370. The fraction of sp³-hybridized carbons (Fsp3) is 0.182. The molecule has 0 saturated heterocycles. The highest BCUT2D eigenvalue weighted by Gasteiger charge is 2.21. The molecule has 0 atom stereocenters. The quantitative estimate of drug-likeness (QED) is 0.805. The van der Waals surface area contributed by atoms with Crippen molar-refractivity contribution in [2.24, 2.45) is 0 Å². The van der Waals surface area contributed by atoms with Crippen LogP contribution in [0, 0.1) is 0 Å². The van der Waals surface area contributed by atoms with Crippen LogP contribution in [-0.2, 0) is 4.74 Å². The molecule has 2 rings (SSSR count). The zero-order valence-corrected chi connectivity index (χ0v) is 10.1. The van der Waals surface area contributed by atoms with E-state index in [0.29, 0.717) is 22.0 Å². The Morgan fingerprint density at radius 3 is 3.06 bits per heavy atom. The molecule has 1 aliphatic rings. The van der Waals surface area contributed by atoms with E-state index < -0.39 is 11.6 Å². The molecule has 1 N–H and O–H groups in total. The van der Waals surface area contributed by atoms with Gasteiger partial charge in [-0.05, 0) is 27.9 Å². The van der Waals surface area contributed by atoms with Gasteiger partial charge in [0.15, 0.2) is 0 Å². The summed E-state index contributed by atoms with van der Waals surface area (Å²) in [4.78, 5) is 11.5. The van der Waals surface area contributed by atoms with E-state index in [9.17, 15) is 9.90 Å². The summed E-state index contributed by atoms with van der Waals surface area (Å²) < 4.78 is 9.98. The Balaban J connectivity index is 2.78. The van der Waals surface area contributed by atoms with Crippen LogP contribution in [0.3, 0.4) is 0 Å². The van der Waals surface area contributed by atoms with Crippen LogP contribution >= 0.6 is 15.9 Å². The minimum atomic E-state index is -0.561. The maximum Gasteiger partial charge on any atom is 0.346 e. The van der Waals surface area contributed by atoms with Gasteiger partial charge in [0.25, 0.3) is 5.95 Å². The Bertz CT molecular complexity index is 540. The number of fused-ring (bicyclic) bond motifs is 1. The molecule has 0 bridgehead atoms. The Morgan fingerprint density at radius 1 is 1.62 bits per heavy atom. The van der Waals surface area contributed by atoms with E-state index in [2.05, 4.69) is 20.3 Å². The van der Waals surface area contributed by atoms with Gasteiger partial charge in [-0.2, -0.15) is 0 Å². The van der Waals surface area contributed by atoms with Crippen molar-refractivity contribution >= 4 is 27.6 Å². The molecule has 0 spiro atoms. The van der Waals surface area contributed by atoms with Crippen molar-refractivity contribution in [3.8, 4) is 5.95 Å². The van der Waals surface area contributed by atoms with Crippen molar-refractivity contribution in [1.82, 2.24) is 0 Å². The summed E-state index contributed by atoms with van der Waals surface area (Å²) in [7, 11) is 1.53. The van der Waals surface area contributed by atoms with E-state index >= 15 is 0 Å².